The van der Waals surface area contributed by atoms with Gasteiger partial charge < -0.3 is 4.74 Å². The Bertz CT molecular complexity index is 461. The molecule has 3 nitrogen and oxygen atoms in total. The van der Waals surface area contributed by atoms with Crippen molar-refractivity contribution in [3.8, 4) is 6.07 Å². The molecule has 0 aliphatic carbocycles. The molecule has 94 valence electrons. The number of benzene rings is 1. The fourth-order valence-corrected chi connectivity index (χ4v) is 4.44. The van der Waals surface area contributed by atoms with Gasteiger partial charge >= 0.3 is 5.97 Å². The van der Waals surface area contributed by atoms with Crippen molar-refractivity contribution in [2.75, 3.05) is 11.5 Å². The van der Waals surface area contributed by atoms with Crippen molar-refractivity contribution in [2.45, 2.75) is 17.6 Å². The zero-order valence-electron chi connectivity index (χ0n) is 9.96. The van der Waals surface area contributed by atoms with Crippen molar-refractivity contribution in [3.05, 3.63) is 35.4 Å². The van der Waals surface area contributed by atoms with E-state index < -0.39 is 12.1 Å². The van der Waals surface area contributed by atoms with Crippen molar-refractivity contribution in [1.82, 2.24) is 0 Å². The number of carbonyl (C=O) groups is 1. The first-order chi connectivity index (χ1) is 8.70. The van der Waals surface area contributed by atoms with Crippen LogP contribution in [0.4, 0.5) is 0 Å². The Balaban J connectivity index is 2.03. The van der Waals surface area contributed by atoms with Crippen molar-refractivity contribution >= 4 is 29.5 Å². The van der Waals surface area contributed by atoms with Crippen LogP contribution in [0.3, 0.4) is 0 Å². The molecule has 1 fully saturated rings. The van der Waals surface area contributed by atoms with Crippen molar-refractivity contribution in [2.24, 2.45) is 0 Å². The predicted molar refractivity (Wildman–Crippen MR) is 74.6 cm³/mol. The van der Waals surface area contributed by atoms with Crippen LogP contribution in [0.2, 0.25) is 0 Å². The topological polar surface area (TPSA) is 50.1 Å². The summed E-state index contributed by atoms with van der Waals surface area (Å²) in [7, 11) is 0. The molecule has 0 bridgehead atoms. The summed E-state index contributed by atoms with van der Waals surface area (Å²) in [5.41, 5.74) is 1.72. The van der Waals surface area contributed by atoms with Gasteiger partial charge in [-0.05, 0) is 24.6 Å². The maximum atomic E-state index is 11.7. The zero-order valence-corrected chi connectivity index (χ0v) is 11.6. The maximum Gasteiger partial charge on any atom is 0.339 e. The fourth-order valence-electron chi connectivity index (χ4n) is 1.58. The van der Waals surface area contributed by atoms with Gasteiger partial charge in [-0.1, -0.05) is 12.1 Å². The Kier molecular flexibility index (Phi) is 4.56. The molecular weight excluding hydrogens is 266 g/mol. The number of carbonyl (C=O) groups excluding carboxylic acids is 1. The van der Waals surface area contributed by atoms with Gasteiger partial charge in [-0.15, -0.1) is 23.5 Å². The number of thioether (sulfide) groups is 2. The minimum Gasteiger partial charge on any atom is -0.444 e. The Morgan fingerprint density at radius 3 is 2.56 bits per heavy atom. The van der Waals surface area contributed by atoms with Gasteiger partial charge in [0.1, 0.15) is 6.07 Å². The van der Waals surface area contributed by atoms with Crippen LogP contribution in [0.1, 0.15) is 27.4 Å². The van der Waals surface area contributed by atoms with E-state index in [4.69, 9.17) is 10.00 Å². The Morgan fingerprint density at radius 1 is 1.39 bits per heavy atom. The molecule has 1 aliphatic heterocycles. The smallest absolute Gasteiger partial charge is 0.339 e. The van der Waals surface area contributed by atoms with E-state index >= 15 is 0 Å². The van der Waals surface area contributed by atoms with Crippen molar-refractivity contribution in [1.29, 1.82) is 5.26 Å². The molecule has 1 unspecified atom stereocenters. The standard InChI is InChI=1S/C13H13NO2S2/c1-9(8-14)16-12(15)10-2-4-11(5-3-10)13-17-6-7-18-13/h2-5,9,13H,6-7H2,1H3. The Morgan fingerprint density at radius 2 is 2.00 bits per heavy atom. The molecule has 5 heteroatoms. The molecule has 0 aromatic heterocycles. The molecule has 1 aromatic carbocycles. The lowest BCUT2D eigenvalue weighted by molar-refractivity contribution is 0.0435. The highest BCUT2D eigenvalue weighted by atomic mass is 32.2. The molecule has 1 atom stereocenters. The summed E-state index contributed by atoms with van der Waals surface area (Å²) in [6.07, 6.45) is -0.710. The summed E-state index contributed by atoms with van der Waals surface area (Å²) in [5.74, 6) is 1.92. The van der Waals surface area contributed by atoms with E-state index in [0.29, 0.717) is 10.1 Å². The minimum atomic E-state index is -0.710. The van der Waals surface area contributed by atoms with Crippen molar-refractivity contribution in [3.63, 3.8) is 0 Å². The van der Waals surface area contributed by atoms with Crippen molar-refractivity contribution < 1.29 is 9.53 Å². The van der Waals surface area contributed by atoms with Crippen LogP contribution in [-0.2, 0) is 4.74 Å². The van der Waals surface area contributed by atoms with Crippen LogP contribution >= 0.6 is 23.5 Å². The number of ether oxygens (including phenoxy) is 1. The monoisotopic (exact) mass is 279 g/mol. The number of nitrogens with zero attached hydrogens (tertiary/aromatic N) is 1. The van der Waals surface area contributed by atoms with Crippen LogP contribution in [0.15, 0.2) is 24.3 Å². The quantitative estimate of drug-likeness (QED) is 0.795. The van der Waals surface area contributed by atoms with Gasteiger partial charge in [0.25, 0.3) is 0 Å². The van der Waals surface area contributed by atoms with E-state index in [9.17, 15) is 4.79 Å². The third-order valence-corrected chi connectivity index (χ3v) is 5.61. The van der Waals surface area contributed by atoms with Gasteiger partial charge in [0.2, 0.25) is 0 Å². The maximum absolute atomic E-state index is 11.7. The van der Waals surface area contributed by atoms with E-state index in [1.807, 2.05) is 41.7 Å². The lowest BCUT2D eigenvalue weighted by Gasteiger charge is -2.09. The van der Waals surface area contributed by atoms with E-state index in [-0.39, 0.29) is 0 Å². The molecule has 0 N–H and O–H groups in total. The summed E-state index contributed by atoms with van der Waals surface area (Å²) < 4.78 is 5.42. The van der Waals surface area contributed by atoms with Gasteiger partial charge in [0.15, 0.2) is 6.10 Å². The van der Waals surface area contributed by atoms with E-state index in [2.05, 4.69) is 0 Å². The number of rotatable bonds is 3. The van der Waals surface area contributed by atoms with Crippen LogP contribution in [0, 0.1) is 11.3 Å². The second-order valence-corrected chi connectivity index (χ2v) is 6.60. The molecule has 0 radical (unpaired) electrons. The average molecular weight is 279 g/mol. The summed E-state index contributed by atoms with van der Waals surface area (Å²) in [6, 6.07) is 9.33. The van der Waals surface area contributed by atoms with Gasteiger partial charge in [0, 0.05) is 11.5 Å². The van der Waals surface area contributed by atoms with Crippen LogP contribution in [0.25, 0.3) is 0 Å². The number of hydrogen-bond donors (Lipinski definition) is 0. The molecule has 1 aliphatic rings. The predicted octanol–water partition coefficient (Wildman–Crippen LogP) is 3.23. The van der Waals surface area contributed by atoms with Gasteiger partial charge in [-0.3, -0.25) is 0 Å². The molecule has 1 aromatic rings. The second kappa shape index (κ2) is 6.17. The highest BCUT2D eigenvalue weighted by Gasteiger charge is 2.19. The lowest BCUT2D eigenvalue weighted by Crippen LogP contribution is -2.12. The molecule has 1 saturated heterocycles. The highest BCUT2D eigenvalue weighted by Crippen LogP contribution is 2.45. The number of nitriles is 1. The summed E-state index contributed by atoms with van der Waals surface area (Å²) in [5, 5.41) is 8.59. The first-order valence-corrected chi connectivity index (χ1v) is 7.74. The fraction of sp³-hybridized carbons (Fsp3) is 0.385. The largest absolute Gasteiger partial charge is 0.444 e. The molecule has 2 rings (SSSR count). The van der Waals surface area contributed by atoms with Gasteiger partial charge in [-0.2, -0.15) is 5.26 Å². The Hall–Kier alpha value is -1.12. The van der Waals surface area contributed by atoms with Gasteiger partial charge in [0.05, 0.1) is 10.1 Å². The first-order valence-electron chi connectivity index (χ1n) is 5.64. The molecule has 0 spiro atoms. The van der Waals surface area contributed by atoms with Crippen LogP contribution in [0.5, 0.6) is 0 Å². The second-order valence-electron chi connectivity index (χ2n) is 3.87. The highest BCUT2D eigenvalue weighted by molar-refractivity contribution is 8.19. The lowest BCUT2D eigenvalue weighted by atomic mass is 10.1. The summed E-state index contributed by atoms with van der Waals surface area (Å²) in [6.45, 7) is 1.55. The normalized spacial score (nSPS) is 17.1. The van der Waals surface area contributed by atoms with Crippen LogP contribution < -0.4 is 0 Å². The molecule has 0 amide bonds. The third-order valence-electron chi connectivity index (χ3n) is 2.51. The minimum absolute atomic E-state index is 0.442. The van der Waals surface area contributed by atoms with Crippen LogP contribution in [-0.4, -0.2) is 23.6 Å². The molecule has 18 heavy (non-hydrogen) atoms. The SMILES string of the molecule is CC(C#N)OC(=O)c1ccc(C2SCCS2)cc1. The molecule has 0 saturated carbocycles. The summed E-state index contributed by atoms with van der Waals surface area (Å²) >= 11 is 3.86. The number of hydrogen-bond acceptors (Lipinski definition) is 5. The molecular formula is C13H13NO2S2. The zero-order chi connectivity index (χ0) is 13.0. The van der Waals surface area contributed by atoms with Gasteiger partial charge in [-0.25, -0.2) is 4.79 Å². The van der Waals surface area contributed by atoms with E-state index in [0.717, 1.165) is 0 Å². The summed E-state index contributed by atoms with van der Waals surface area (Å²) in [4.78, 5) is 11.7. The number of esters is 1. The average Bonchev–Trinajstić information content (AvgIpc) is 2.92. The third kappa shape index (κ3) is 3.21. The van der Waals surface area contributed by atoms with E-state index in [1.54, 1.807) is 19.1 Å². The first kappa shape index (κ1) is 13.3. The Labute approximate surface area is 115 Å². The molecule has 1 heterocycles. The van der Waals surface area contributed by atoms with E-state index in [1.165, 1.54) is 17.1 Å².